The molecule has 2 atom stereocenters. The van der Waals surface area contributed by atoms with Gasteiger partial charge in [0.05, 0.1) is 30.6 Å². The zero-order chi connectivity index (χ0) is 21.0. The Balaban J connectivity index is 1.38. The van der Waals surface area contributed by atoms with E-state index in [0.29, 0.717) is 37.0 Å². The topological polar surface area (TPSA) is 65.5 Å². The molecule has 4 aliphatic rings. The van der Waals surface area contributed by atoms with Crippen LogP contribution in [0, 0.1) is 5.82 Å². The number of nitrogens with one attached hydrogen (secondary N) is 1. The Morgan fingerprint density at radius 1 is 1.16 bits per heavy atom. The molecule has 2 aromatic rings. The van der Waals surface area contributed by atoms with Crippen LogP contribution in [0.1, 0.15) is 54.7 Å². The van der Waals surface area contributed by atoms with Crippen molar-refractivity contribution < 1.29 is 18.6 Å². The lowest BCUT2D eigenvalue weighted by molar-refractivity contribution is -0.0368. The molecule has 1 aromatic heterocycles. The predicted octanol–water partition coefficient (Wildman–Crippen LogP) is 3.98. The van der Waals surface area contributed by atoms with E-state index in [9.17, 15) is 0 Å². The molecule has 31 heavy (non-hydrogen) atoms. The van der Waals surface area contributed by atoms with Gasteiger partial charge in [0, 0.05) is 31.3 Å². The number of methoxy groups -OCH3 is 1. The number of halogens is 1. The Morgan fingerprint density at radius 2 is 2.03 bits per heavy atom. The Morgan fingerprint density at radius 3 is 2.77 bits per heavy atom. The molecule has 1 aromatic carbocycles. The van der Waals surface area contributed by atoms with Crippen molar-refractivity contribution in [2.24, 2.45) is 0 Å². The summed E-state index contributed by atoms with van der Waals surface area (Å²) in [6.07, 6.45) is 5.95. The van der Waals surface area contributed by atoms with Crippen LogP contribution in [0.15, 0.2) is 18.2 Å². The second kappa shape index (κ2) is 7.50. The normalized spacial score (nSPS) is 26.5. The van der Waals surface area contributed by atoms with Gasteiger partial charge in [-0.15, -0.1) is 10.2 Å². The van der Waals surface area contributed by atoms with E-state index in [1.807, 2.05) is 12.1 Å². The standard InChI is InChI=1S/C24H28FN3O3/c1-29-21-13-30-9-6-20(21)26-23-18-12-31-24(7-8-24)11-17(18)22(27-28-23)16-5-4-15(10-19(16)25)14-2-3-14/h4-5,10,14,20-21H,2-3,6-9,11-13H2,1H3,(H,26,28)/t20-,21-/m1/s1. The van der Waals surface area contributed by atoms with E-state index in [4.69, 9.17) is 14.2 Å². The third kappa shape index (κ3) is 3.62. The van der Waals surface area contributed by atoms with Crippen LogP contribution in [-0.4, -0.2) is 48.3 Å². The lowest BCUT2D eigenvalue weighted by Gasteiger charge is -2.33. The van der Waals surface area contributed by atoms with Crippen molar-refractivity contribution in [3.63, 3.8) is 0 Å². The van der Waals surface area contributed by atoms with E-state index in [1.54, 1.807) is 13.2 Å². The van der Waals surface area contributed by atoms with Crippen molar-refractivity contribution in [1.82, 2.24) is 10.2 Å². The lowest BCUT2D eigenvalue weighted by atomic mass is 9.92. The Hall–Kier alpha value is -2.09. The summed E-state index contributed by atoms with van der Waals surface area (Å²) >= 11 is 0. The first-order chi connectivity index (χ1) is 15.2. The molecule has 0 bridgehead atoms. The zero-order valence-electron chi connectivity index (χ0n) is 17.8. The van der Waals surface area contributed by atoms with Gasteiger partial charge in [-0.1, -0.05) is 6.07 Å². The maximum absolute atomic E-state index is 15.1. The molecule has 6 nitrogen and oxygen atoms in total. The highest BCUT2D eigenvalue weighted by Crippen LogP contribution is 2.49. The molecule has 3 fully saturated rings. The number of ether oxygens (including phenoxy) is 3. The minimum Gasteiger partial charge on any atom is -0.379 e. The van der Waals surface area contributed by atoms with E-state index in [0.717, 1.165) is 61.0 Å². The first-order valence-electron chi connectivity index (χ1n) is 11.3. The van der Waals surface area contributed by atoms with Gasteiger partial charge in [0.1, 0.15) is 11.9 Å². The summed E-state index contributed by atoms with van der Waals surface area (Å²) in [5, 5.41) is 12.6. The molecular weight excluding hydrogens is 397 g/mol. The highest BCUT2D eigenvalue weighted by Gasteiger charge is 2.48. The zero-order valence-corrected chi connectivity index (χ0v) is 17.8. The van der Waals surface area contributed by atoms with E-state index in [1.165, 1.54) is 0 Å². The second-order valence-corrected chi connectivity index (χ2v) is 9.40. The molecule has 3 heterocycles. The second-order valence-electron chi connectivity index (χ2n) is 9.40. The van der Waals surface area contributed by atoms with Crippen LogP contribution in [0.2, 0.25) is 0 Å². The van der Waals surface area contributed by atoms with Gasteiger partial charge in [-0.2, -0.15) is 0 Å². The molecule has 2 saturated carbocycles. The molecular formula is C24H28FN3O3. The Labute approximate surface area is 181 Å². The van der Waals surface area contributed by atoms with Gasteiger partial charge >= 0.3 is 0 Å². The number of fused-ring (bicyclic) bond motifs is 1. The molecule has 1 spiro atoms. The highest BCUT2D eigenvalue weighted by molar-refractivity contribution is 5.69. The minimum absolute atomic E-state index is 0.0439. The van der Waals surface area contributed by atoms with Crippen LogP contribution in [0.5, 0.6) is 0 Å². The minimum atomic E-state index is -0.207. The predicted molar refractivity (Wildman–Crippen MR) is 114 cm³/mol. The van der Waals surface area contributed by atoms with Crippen LogP contribution in [0.25, 0.3) is 11.3 Å². The summed E-state index contributed by atoms with van der Waals surface area (Å²) in [7, 11) is 1.70. The molecule has 2 aliphatic heterocycles. The third-order valence-corrected chi connectivity index (χ3v) is 7.24. The van der Waals surface area contributed by atoms with Crippen LogP contribution < -0.4 is 5.32 Å². The quantitative estimate of drug-likeness (QED) is 0.782. The number of nitrogens with zero attached hydrogens (tertiary/aromatic N) is 2. The average Bonchev–Trinajstić information content (AvgIpc) is 3.72. The summed E-state index contributed by atoms with van der Waals surface area (Å²) in [6.45, 7) is 1.71. The summed E-state index contributed by atoms with van der Waals surface area (Å²) in [5.74, 6) is 1.03. The van der Waals surface area contributed by atoms with Crippen molar-refractivity contribution in [1.29, 1.82) is 0 Å². The first kappa shape index (κ1) is 19.6. The maximum Gasteiger partial charge on any atom is 0.154 e. The third-order valence-electron chi connectivity index (χ3n) is 7.24. The number of rotatable bonds is 5. The fourth-order valence-electron chi connectivity index (χ4n) is 4.92. The average molecular weight is 426 g/mol. The van der Waals surface area contributed by atoms with Gasteiger partial charge in [-0.05, 0) is 61.3 Å². The monoisotopic (exact) mass is 425 g/mol. The van der Waals surface area contributed by atoms with Crippen LogP contribution >= 0.6 is 0 Å². The van der Waals surface area contributed by atoms with Crippen molar-refractivity contribution in [2.75, 3.05) is 25.6 Å². The van der Waals surface area contributed by atoms with E-state index in [-0.39, 0.29) is 23.6 Å². The Kier molecular flexibility index (Phi) is 4.74. The van der Waals surface area contributed by atoms with E-state index >= 15 is 4.39 Å². The maximum atomic E-state index is 15.1. The van der Waals surface area contributed by atoms with Gasteiger partial charge in [0.15, 0.2) is 5.82 Å². The van der Waals surface area contributed by atoms with Crippen LogP contribution in [0.4, 0.5) is 10.2 Å². The van der Waals surface area contributed by atoms with Crippen molar-refractivity contribution in [3.8, 4) is 11.3 Å². The molecule has 0 amide bonds. The van der Waals surface area contributed by atoms with E-state index in [2.05, 4.69) is 15.5 Å². The molecule has 0 unspecified atom stereocenters. The number of hydrogen-bond acceptors (Lipinski definition) is 6. The molecule has 7 heteroatoms. The first-order valence-corrected chi connectivity index (χ1v) is 11.3. The summed E-state index contributed by atoms with van der Waals surface area (Å²) in [4.78, 5) is 0. The number of benzene rings is 1. The number of hydrogen-bond donors (Lipinski definition) is 1. The van der Waals surface area contributed by atoms with Gasteiger partial charge in [-0.25, -0.2) is 4.39 Å². The number of aromatic nitrogens is 2. The van der Waals surface area contributed by atoms with Gasteiger partial charge in [0.25, 0.3) is 0 Å². The number of anilines is 1. The van der Waals surface area contributed by atoms with Gasteiger partial charge in [0.2, 0.25) is 0 Å². The molecule has 6 rings (SSSR count). The van der Waals surface area contributed by atoms with Crippen molar-refractivity contribution in [3.05, 3.63) is 40.7 Å². The fourth-order valence-corrected chi connectivity index (χ4v) is 4.92. The fraction of sp³-hybridized carbons (Fsp3) is 0.583. The van der Waals surface area contributed by atoms with Crippen LogP contribution in [-0.2, 0) is 27.2 Å². The summed E-state index contributed by atoms with van der Waals surface area (Å²) in [6, 6.07) is 5.71. The molecule has 2 aliphatic carbocycles. The largest absolute Gasteiger partial charge is 0.379 e. The lowest BCUT2D eigenvalue weighted by Crippen LogP contribution is -2.43. The van der Waals surface area contributed by atoms with Gasteiger partial charge in [-0.3, -0.25) is 0 Å². The SMILES string of the molecule is CO[C@@H]1COCC[C@H]1Nc1nnc(-c2ccc(C3CC3)cc2F)c2c1COC1(CC1)C2. The van der Waals surface area contributed by atoms with Crippen LogP contribution in [0.3, 0.4) is 0 Å². The Bertz CT molecular complexity index is 1010. The van der Waals surface area contributed by atoms with Crippen molar-refractivity contribution >= 4 is 5.82 Å². The van der Waals surface area contributed by atoms with Gasteiger partial charge < -0.3 is 19.5 Å². The molecule has 0 radical (unpaired) electrons. The smallest absolute Gasteiger partial charge is 0.154 e. The molecule has 1 saturated heterocycles. The van der Waals surface area contributed by atoms with Crippen molar-refractivity contribution in [2.45, 2.75) is 68.8 Å². The molecule has 1 N–H and O–H groups in total. The summed E-state index contributed by atoms with van der Waals surface area (Å²) in [5.41, 5.74) is 4.26. The summed E-state index contributed by atoms with van der Waals surface area (Å²) < 4.78 is 32.5. The van der Waals surface area contributed by atoms with E-state index < -0.39 is 0 Å². The molecule has 164 valence electrons. The highest BCUT2D eigenvalue weighted by atomic mass is 19.1.